The van der Waals surface area contributed by atoms with Gasteiger partial charge in [-0.2, -0.15) is 0 Å². The van der Waals surface area contributed by atoms with Crippen LogP contribution in [0.3, 0.4) is 0 Å². The number of benzene rings is 2. The van der Waals surface area contributed by atoms with Crippen molar-refractivity contribution in [1.82, 2.24) is 4.98 Å². The molecule has 0 saturated heterocycles. The van der Waals surface area contributed by atoms with Crippen LogP contribution in [-0.4, -0.2) is 22.7 Å². The van der Waals surface area contributed by atoms with Crippen LogP contribution in [0.15, 0.2) is 47.6 Å². The smallest absolute Gasteiger partial charge is 0.280 e. The maximum absolute atomic E-state index is 13.0. The van der Waals surface area contributed by atoms with Crippen molar-refractivity contribution in [3.05, 3.63) is 58.1 Å². The van der Waals surface area contributed by atoms with Crippen LogP contribution in [0.4, 0.5) is 5.13 Å². The van der Waals surface area contributed by atoms with Gasteiger partial charge in [-0.15, -0.1) is 0 Å². The highest BCUT2D eigenvalue weighted by atomic mass is 35.5. The Morgan fingerprint density at radius 2 is 1.93 bits per heavy atom. The van der Waals surface area contributed by atoms with Crippen molar-refractivity contribution in [2.75, 3.05) is 5.32 Å². The molecule has 144 valence electrons. The van der Waals surface area contributed by atoms with Crippen LogP contribution >= 0.6 is 34.5 Å². The molecule has 1 aliphatic rings. The van der Waals surface area contributed by atoms with E-state index in [0.717, 1.165) is 35.9 Å². The highest BCUT2D eigenvalue weighted by Crippen LogP contribution is 2.27. The second kappa shape index (κ2) is 8.47. The molecule has 4 rings (SSSR count). The standard InChI is InChI=1S/C20H17Cl2N3O2S/c21-14-10-9-12(11-15(14)22)18(25-27-13-5-1-2-6-13)19(26)24-20-23-16-7-3-4-8-17(16)28-20/h3-4,7-11,13H,1-2,5-6H2,(H,23,24,26). The molecular formula is C20H17Cl2N3O2S. The molecule has 0 radical (unpaired) electrons. The quantitative estimate of drug-likeness (QED) is 0.401. The van der Waals surface area contributed by atoms with E-state index in [2.05, 4.69) is 15.5 Å². The average Bonchev–Trinajstić information content (AvgIpc) is 3.33. The topological polar surface area (TPSA) is 63.6 Å². The number of fused-ring (bicyclic) bond motifs is 1. The fourth-order valence-corrected chi connectivity index (χ4v) is 4.23. The maximum atomic E-state index is 13.0. The number of aromatic nitrogens is 1. The summed E-state index contributed by atoms with van der Waals surface area (Å²) in [6, 6.07) is 12.6. The number of nitrogens with zero attached hydrogens (tertiary/aromatic N) is 2. The number of halogens is 2. The van der Waals surface area contributed by atoms with E-state index in [9.17, 15) is 4.79 Å². The third-order valence-electron chi connectivity index (χ3n) is 4.52. The van der Waals surface area contributed by atoms with Crippen LogP contribution in [0.25, 0.3) is 10.2 Å². The van der Waals surface area contributed by atoms with E-state index in [-0.39, 0.29) is 11.8 Å². The zero-order chi connectivity index (χ0) is 19.5. The summed E-state index contributed by atoms with van der Waals surface area (Å²) in [5, 5.41) is 8.26. The molecule has 0 bridgehead atoms. The summed E-state index contributed by atoms with van der Waals surface area (Å²) in [5.41, 5.74) is 1.51. The van der Waals surface area contributed by atoms with Crippen molar-refractivity contribution < 1.29 is 9.63 Å². The van der Waals surface area contributed by atoms with E-state index < -0.39 is 5.91 Å². The van der Waals surface area contributed by atoms with Gasteiger partial charge in [0, 0.05) is 5.56 Å². The van der Waals surface area contributed by atoms with Gasteiger partial charge in [0.2, 0.25) is 0 Å². The second-order valence-electron chi connectivity index (χ2n) is 6.52. The van der Waals surface area contributed by atoms with Crippen molar-refractivity contribution in [2.24, 2.45) is 5.16 Å². The number of carbonyl (C=O) groups is 1. The van der Waals surface area contributed by atoms with Crippen molar-refractivity contribution in [1.29, 1.82) is 0 Å². The van der Waals surface area contributed by atoms with Crippen molar-refractivity contribution in [3.8, 4) is 0 Å². The number of hydrogen-bond donors (Lipinski definition) is 1. The van der Waals surface area contributed by atoms with Crippen molar-refractivity contribution >= 4 is 61.5 Å². The van der Waals surface area contributed by atoms with Gasteiger partial charge in [0.15, 0.2) is 10.8 Å². The highest BCUT2D eigenvalue weighted by molar-refractivity contribution is 7.22. The van der Waals surface area contributed by atoms with Crippen molar-refractivity contribution in [3.63, 3.8) is 0 Å². The van der Waals surface area contributed by atoms with Gasteiger partial charge in [-0.3, -0.25) is 10.1 Å². The summed E-state index contributed by atoms with van der Waals surface area (Å²) < 4.78 is 0.994. The molecule has 1 aromatic heterocycles. The predicted octanol–water partition coefficient (Wildman–Crippen LogP) is 5.91. The fourth-order valence-electron chi connectivity index (χ4n) is 3.07. The van der Waals surface area contributed by atoms with Crippen LogP contribution < -0.4 is 5.32 Å². The van der Waals surface area contributed by atoms with Crippen LogP contribution in [0, 0.1) is 0 Å². The lowest BCUT2D eigenvalue weighted by Crippen LogP contribution is -2.25. The monoisotopic (exact) mass is 433 g/mol. The molecule has 1 amide bonds. The minimum atomic E-state index is -0.407. The number of rotatable bonds is 5. The van der Waals surface area contributed by atoms with Crippen LogP contribution in [-0.2, 0) is 9.63 Å². The Bertz CT molecular complexity index is 1010. The first-order chi connectivity index (χ1) is 13.6. The summed E-state index contributed by atoms with van der Waals surface area (Å²) >= 11 is 13.5. The van der Waals surface area contributed by atoms with Crippen molar-refractivity contribution in [2.45, 2.75) is 31.8 Å². The predicted molar refractivity (Wildman–Crippen MR) is 115 cm³/mol. The number of carbonyl (C=O) groups excluding carboxylic acids is 1. The summed E-state index contributed by atoms with van der Waals surface area (Å²) in [7, 11) is 0. The molecule has 5 nitrogen and oxygen atoms in total. The lowest BCUT2D eigenvalue weighted by Gasteiger charge is -2.11. The van der Waals surface area contributed by atoms with Gasteiger partial charge in [0.1, 0.15) is 6.10 Å². The van der Waals surface area contributed by atoms with E-state index in [4.69, 9.17) is 28.0 Å². The fraction of sp³-hybridized carbons (Fsp3) is 0.250. The van der Waals surface area contributed by atoms with Gasteiger partial charge in [0.25, 0.3) is 5.91 Å². The van der Waals surface area contributed by atoms with E-state index in [1.54, 1.807) is 18.2 Å². The zero-order valence-electron chi connectivity index (χ0n) is 14.8. The molecule has 1 fully saturated rings. The SMILES string of the molecule is O=C(Nc1nc2ccccc2s1)C(=NOC1CCCC1)c1ccc(Cl)c(Cl)c1. The number of para-hydroxylation sites is 1. The molecule has 28 heavy (non-hydrogen) atoms. The molecule has 0 spiro atoms. The molecule has 0 unspecified atom stereocenters. The number of nitrogens with one attached hydrogen (secondary N) is 1. The van der Waals surface area contributed by atoms with Gasteiger partial charge in [0.05, 0.1) is 20.3 Å². The molecular weight excluding hydrogens is 417 g/mol. The van der Waals surface area contributed by atoms with E-state index in [1.165, 1.54) is 11.3 Å². The Labute approximate surface area is 176 Å². The lowest BCUT2D eigenvalue weighted by molar-refractivity contribution is -0.110. The number of thiazole rings is 1. The molecule has 0 atom stereocenters. The summed E-state index contributed by atoms with van der Waals surface area (Å²) in [6.07, 6.45) is 4.14. The Morgan fingerprint density at radius 1 is 1.14 bits per heavy atom. The molecule has 8 heteroatoms. The molecule has 3 aromatic rings. The summed E-state index contributed by atoms with van der Waals surface area (Å²) in [6.45, 7) is 0. The number of amides is 1. The first-order valence-corrected chi connectivity index (χ1v) is 10.5. The lowest BCUT2D eigenvalue weighted by atomic mass is 10.1. The Balaban J connectivity index is 1.61. The molecule has 1 N–H and O–H groups in total. The molecule has 1 aliphatic carbocycles. The van der Waals surface area contributed by atoms with Crippen LogP contribution in [0.5, 0.6) is 0 Å². The highest BCUT2D eigenvalue weighted by Gasteiger charge is 2.21. The molecule has 0 aliphatic heterocycles. The minimum absolute atomic E-state index is 0.0352. The van der Waals surface area contributed by atoms with Gasteiger partial charge in [-0.05, 0) is 49.9 Å². The molecule has 2 aromatic carbocycles. The van der Waals surface area contributed by atoms with Gasteiger partial charge < -0.3 is 4.84 Å². The maximum Gasteiger partial charge on any atom is 0.280 e. The second-order valence-corrected chi connectivity index (χ2v) is 8.37. The van der Waals surface area contributed by atoms with Crippen LogP contribution in [0.1, 0.15) is 31.2 Å². The minimum Gasteiger partial charge on any atom is -0.392 e. The zero-order valence-corrected chi connectivity index (χ0v) is 17.2. The molecule has 1 saturated carbocycles. The summed E-state index contributed by atoms with van der Waals surface area (Å²) in [4.78, 5) is 23.0. The number of anilines is 1. The Kier molecular flexibility index (Phi) is 5.80. The van der Waals surface area contributed by atoms with E-state index in [1.807, 2.05) is 24.3 Å². The summed E-state index contributed by atoms with van der Waals surface area (Å²) in [5.74, 6) is -0.407. The van der Waals surface area contributed by atoms with E-state index in [0.29, 0.717) is 20.7 Å². The van der Waals surface area contributed by atoms with Crippen LogP contribution in [0.2, 0.25) is 10.0 Å². The number of oxime groups is 1. The van der Waals surface area contributed by atoms with Gasteiger partial charge >= 0.3 is 0 Å². The largest absolute Gasteiger partial charge is 0.392 e. The first kappa shape index (κ1) is 19.2. The normalized spacial score (nSPS) is 15.1. The van der Waals surface area contributed by atoms with Gasteiger partial charge in [-0.1, -0.05) is 57.9 Å². The number of hydrogen-bond acceptors (Lipinski definition) is 5. The third kappa shape index (κ3) is 4.29. The molecule has 1 heterocycles. The van der Waals surface area contributed by atoms with Gasteiger partial charge in [-0.25, -0.2) is 4.98 Å². The Hall–Kier alpha value is -2.15. The van der Waals surface area contributed by atoms with E-state index >= 15 is 0 Å². The third-order valence-corrected chi connectivity index (χ3v) is 6.21. The average molecular weight is 434 g/mol. The first-order valence-electron chi connectivity index (χ1n) is 8.96. The Morgan fingerprint density at radius 3 is 2.68 bits per heavy atom.